The van der Waals surface area contributed by atoms with Crippen molar-refractivity contribution in [1.29, 1.82) is 0 Å². The number of nitrogens with zero attached hydrogens (tertiary/aromatic N) is 1. The van der Waals surface area contributed by atoms with Gasteiger partial charge in [0.25, 0.3) is 0 Å². The summed E-state index contributed by atoms with van der Waals surface area (Å²) in [4.78, 5) is 14.0. The molecule has 1 aliphatic rings. The highest BCUT2D eigenvalue weighted by atomic mass is 35.5. The molecular weight excluding hydrogens is 264 g/mol. The van der Waals surface area contributed by atoms with Crippen LogP contribution in [0.1, 0.15) is 19.3 Å². The third-order valence-electron chi connectivity index (χ3n) is 3.44. The van der Waals surface area contributed by atoms with Gasteiger partial charge < -0.3 is 10.4 Å². The second-order valence-electron chi connectivity index (χ2n) is 4.82. The maximum Gasteiger partial charge on any atom is 0.225 e. The van der Waals surface area contributed by atoms with Crippen molar-refractivity contribution < 1.29 is 9.90 Å². The molecule has 2 N–H and O–H groups in total. The van der Waals surface area contributed by atoms with Gasteiger partial charge in [0, 0.05) is 29.7 Å². The molecule has 0 aliphatic carbocycles. The number of carbonyl (C=O) groups is 1. The zero-order valence-corrected chi connectivity index (χ0v) is 11.6. The molecule has 1 aromatic rings. The van der Waals surface area contributed by atoms with Crippen molar-refractivity contribution in [2.45, 2.75) is 25.3 Å². The third kappa shape index (κ3) is 4.20. The fourth-order valence-corrected chi connectivity index (χ4v) is 2.62. The molecule has 0 bridgehead atoms. The molecular formula is C14H19ClN2O2. The summed E-state index contributed by atoms with van der Waals surface area (Å²) in [6, 6.07) is 7.34. The fraction of sp³-hybridized carbons (Fsp3) is 0.500. The second-order valence-corrected chi connectivity index (χ2v) is 5.26. The van der Waals surface area contributed by atoms with Gasteiger partial charge in [-0.15, -0.1) is 0 Å². The van der Waals surface area contributed by atoms with Crippen LogP contribution in [0, 0.1) is 0 Å². The highest BCUT2D eigenvalue weighted by Gasteiger charge is 2.23. The van der Waals surface area contributed by atoms with Crippen LogP contribution in [-0.2, 0) is 4.79 Å². The molecule has 19 heavy (non-hydrogen) atoms. The van der Waals surface area contributed by atoms with E-state index in [1.165, 1.54) is 0 Å². The summed E-state index contributed by atoms with van der Waals surface area (Å²) in [6.07, 6.45) is 2.55. The number of anilines is 1. The minimum Gasteiger partial charge on any atom is -0.395 e. The number of rotatable bonds is 5. The van der Waals surface area contributed by atoms with Gasteiger partial charge in [-0.1, -0.05) is 17.7 Å². The molecule has 1 fully saturated rings. The van der Waals surface area contributed by atoms with Crippen molar-refractivity contribution in [2.24, 2.45) is 0 Å². The highest BCUT2D eigenvalue weighted by Crippen LogP contribution is 2.18. The van der Waals surface area contributed by atoms with E-state index < -0.39 is 0 Å². The van der Waals surface area contributed by atoms with Gasteiger partial charge in [-0.3, -0.25) is 9.69 Å². The summed E-state index contributed by atoms with van der Waals surface area (Å²) >= 11 is 5.86. The normalized spacial score (nSPS) is 19.6. The van der Waals surface area contributed by atoms with Crippen molar-refractivity contribution in [3.05, 3.63) is 29.3 Å². The first-order valence-corrected chi connectivity index (χ1v) is 6.97. The number of hydrogen-bond acceptors (Lipinski definition) is 3. The smallest absolute Gasteiger partial charge is 0.225 e. The van der Waals surface area contributed by atoms with E-state index >= 15 is 0 Å². The lowest BCUT2D eigenvalue weighted by atomic mass is 10.2. The Hall–Kier alpha value is -1.10. The van der Waals surface area contributed by atoms with E-state index in [2.05, 4.69) is 10.2 Å². The lowest BCUT2D eigenvalue weighted by Crippen LogP contribution is -2.34. The number of halogens is 1. The number of benzene rings is 1. The molecule has 0 radical (unpaired) electrons. The summed E-state index contributed by atoms with van der Waals surface area (Å²) in [7, 11) is 0. The monoisotopic (exact) mass is 282 g/mol. The second kappa shape index (κ2) is 6.89. The zero-order chi connectivity index (χ0) is 13.7. The predicted molar refractivity (Wildman–Crippen MR) is 76.4 cm³/mol. The van der Waals surface area contributed by atoms with Crippen LogP contribution in [0.25, 0.3) is 0 Å². The number of aliphatic hydroxyl groups excluding tert-OH is 1. The van der Waals surface area contributed by atoms with Crippen LogP contribution in [0.2, 0.25) is 5.02 Å². The molecule has 1 heterocycles. The van der Waals surface area contributed by atoms with Crippen molar-refractivity contribution in [2.75, 3.05) is 25.0 Å². The van der Waals surface area contributed by atoms with Gasteiger partial charge >= 0.3 is 0 Å². The molecule has 5 heteroatoms. The molecule has 0 unspecified atom stereocenters. The standard InChI is InChI=1S/C14H19ClN2O2/c15-11-3-1-4-12(9-11)16-14(19)6-8-17-7-2-5-13(17)10-18/h1,3-4,9,13,18H,2,5-8,10H2,(H,16,19)/t13-/m1/s1. The minimum absolute atomic E-state index is 0.0224. The minimum atomic E-state index is -0.0224. The number of amides is 1. The fourth-order valence-electron chi connectivity index (χ4n) is 2.43. The number of nitrogens with one attached hydrogen (secondary N) is 1. The van der Waals surface area contributed by atoms with Crippen molar-refractivity contribution in [1.82, 2.24) is 4.90 Å². The van der Waals surface area contributed by atoms with Gasteiger partial charge in [-0.2, -0.15) is 0 Å². The number of carbonyl (C=O) groups excluding carboxylic acids is 1. The molecule has 1 aliphatic heterocycles. The highest BCUT2D eigenvalue weighted by molar-refractivity contribution is 6.30. The maximum absolute atomic E-state index is 11.8. The maximum atomic E-state index is 11.8. The molecule has 4 nitrogen and oxygen atoms in total. The molecule has 1 amide bonds. The van der Waals surface area contributed by atoms with Gasteiger partial charge in [0.05, 0.1) is 6.61 Å². The van der Waals surface area contributed by atoms with Gasteiger partial charge in [0.15, 0.2) is 0 Å². The molecule has 0 spiro atoms. The van der Waals surface area contributed by atoms with Gasteiger partial charge in [0.2, 0.25) is 5.91 Å². The topological polar surface area (TPSA) is 52.6 Å². The van der Waals surface area contributed by atoms with Crippen LogP contribution < -0.4 is 5.32 Å². The lowest BCUT2D eigenvalue weighted by molar-refractivity contribution is -0.116. The predicted octanol–water partition coefficient (Wildman–Crippen LogP) is 2.13. The van der Waals surface area contributed by atoms with E-state index in [1.54, 1.807) is 18.2 Å². The Morgan fingerprint density at radius 1 is 1.53 bits per heavy atom. The Balaban J connectivity index is 1.78. The van der Waals surface area contributed by atoms with E-state index in [1.807, 2.05) is 6.07 Å². The van der Waals surface area contributed by atoms with Crippen LogP contribution in [0.3, 0.4) is 0 Å². The quantitative estimate of drug-likeness (QED) is 0.870. The summed E-state index contributed by atoms with van der Waals surface area (Å²) in [5, 5.41) is 12.6. The Morgan fingerprint density at radius 3 is 3.11 bits per heavy atom. The average Bonchev–Trinajstić information content (AvgIpc) is 2.83. The molecule has 1 atom stereocenters. The average molecular weight is 283 g/mol. The van der Waals surface area contributed by atoms with Crippen LogP contribution >= 0.6 is 11.6 Å². The van der Waals surface area contributed by atoms with E-state index in [4.69, 9.17) is 11.6 Å². The van der Waals surface area contributed by atoms with Crippen LogP contribution in [0.5, 0.6) is 0 Å². The van der Waals surface area contributed by atoms with Crippen LogP contribution in [-0.4, -0.2) is 41.7 Å². The van der Waals surface area contributed by atoms with Crippen molar-refractivity contribution in [3.63, 3.8) is 0 Å². The first kappa shape index (κ1) is 14.3. The number of likely N-dealkylation sites (tertiary alicyclic amines) is 1. The van der Waals surface area contributed by atoms with Gasteiger partial charge in [-0.25, -0.2) is 0 Å². The van der Waals surface area contributed by atoms with Crippen molar-refractivity contribution in [3.8, 4) is 0 Å². The molecule has 0 aromatic heterocycles. The number of hydrogen-bond donors (Lipinski definition) is 2. The van der Waals surface area contributed by atoms with Gasteiger partial charge in [0.1, 0.15) is 0 Å². The van der Waals surface area contributed by atoms with E-state index in [0.717, 1.165) is 25.1 Å². The van der Waals surface area contributed by atoms with Crippen molar-refractivity contribution >= 4 is 23.2 Å². The zero-order valence-electron chi connectivity index (χ0n) is 10.8. The largest absolute Gasteiger partial charge is 0.395 e. The molecule has 1 saturated heterocycles. The first-order chi connectivity index (χ1) is 9.19. The van der Waals surface area contributed by atoms with E-state index in [-0.39, 0.29) is 18.6 Å². The van der Waals surface area contributed by atoms with Crippen LogP contribution in [0.15, 0.2) is 24.3 Å². The Morgan fingerprint density at radius 2 is 2.37 bits per heavy atom. The Kier molecular flexibility index (Phi) is 5.19. The molecule has 2 rings (SSSR count). The first-order valence-electron chi connectivity index (χ1n) is 6.59. The summed E-state index contributed by atoms with van der Waals surface area (Å²) in [5.74, 6) is -0.0224. The Bertz CT molecular complexity index is 439. The molecule has 0 saturated carbocycles. The Labute approximate surface area is 118 Å². The summed E-state index contributed by atoms with van der Waals surface area (Å²) in [6.45, 7) is 1.84. The lowest BCUT2D eigenvalue weighted by Gasteiger charge is -2.22. The van der Waals surface area contributed by atoms with Gasteiger partial charge in [-0.05, 0) is 37.6 Å². The van der Waals surface area contributed by atoms with E-state index in [9.17, 15) is 9.90 Å². The third-order valence-corrected chi connectivity index (χ3v) is 3.68. The van der Waals surface area contributed by atoms with E-state index in [0.29, 0.717) is 18.0 Å². The summed E-state index contributed by atoms with van der Waals surface area (Å²) < 4.78 is 0. The summed E-state index contributed by atoms with van der Waals surface area (Å²) in [5.41, 5.74) is 0.720. The van der Waals surface area contributed by atoms with Crippen LogP contribution in [0.4, 0.5) is 5.69 Å². The molecule has 1 aromatic carbocycles. The number of aliphatic hydroxyl groups is 1. The molecule has 104 valence electrons. The SMILES string of the molecule is O=C(CCN1CCC[C@@H]1CO)Nc1cccc(Cl)c1.